The summed E-state index contributed by atoms with van der Waals surface area (Å²) in [5.41, 5.74) is 4.29. The van der Waals surface area contributed by atoms with Crippen molar-refractivity contribution in [3.63, 3.8) is 0 Å². The maximum Gasteiger partial charge on any atom is 0.123 e. The second kappa shape index (κ2) is 6.83. The van der Waals surface area contributed by atoms with Gasteiger partial charge in [0.1, 0.15) is 5.82 Å². The van der Waals surface area contributed by atoms with Gasteiger partial charge in [0.2, 0.25) is 0 Å². The van der Waals surface area contributed by atoms with Crippen LogP contribution in [-0.2, 0) is 6.54 Å². The zero-order valence-corrected chi connectivity index (χ0v) is 13.1. The molecule has 114 valence electrons. The minimum Gasteiger partial charge on any atom is -0.311 e. The van der Waals surface area contributed by atoms with Crippen molar-refractivity contribution >= 4 is 0 Å². The fraction of sp³-hybridized carbons (Fsp3) is 0.438. The van der Waals surface area contributed by atoms with Crippen LogP contribution in [-0.4, -0.2) is 35.7 Å². The maximum atomic E-state index is 13.4. The summed E-state index contributed by atoms with van der Waals surface area (Å²) in [5.74, 6) is -0.194. The van der Waals surface area contributed by atoms with E-state index in [4.69, 9.17) is 0 Å². The summed E-state index contributed by atoms with van der Waals surface area (Å²) in [6, 6.07) is 6.92. The van der Waals surface area contributed by atoms with Crippen LogP contribution in [0.5, 0.6) is 0 Å². The number of aromatic nitrogens is 2. The number of nitrogens with one attached hydrogen (secondary N) is 2. The zero-order chi connectivity index (χ0) is 15.4. The molecule has 0 aliphatic heterocycles. The molecule has 1 atom stereocenters. The molecule has 21 heavy (non-hydrogen) atoms. The molecule has 0 radical (unpaired) electrons. The Hall–Kier alpha value is -1.72. The van der Waals surface area contributed by atoms with Crippen LogP contribution in [0.3, 0.4) is 0 Å². The topological polar surface area (TPSA) is 44.0 Å². The lowest BCUT2D eigenvalue weighted by atomic mass is 10.1. The number of halogens is 1. The first-order chi connectivity index (χ1) is 9.99. The van der Waals surface area contributed by atoms with Crippen LogP contribution in [0.1, 0.15) is 28.6 Å². The van der Waals surface area contributed by atoms with Gasteiger partial charge in [0.25, 0.3) is 0 Å². The first kappa shape index (κ1) is 15.7. The van der Waals surface area contributed by atoms with Gasteiger partial charge >= 0.3 is 0 Å². The molecule has 2 aromatic rings. The largest absolute Gasteiger partial charge is 0.311 e. The molecule has 0 bridgehead atoms. The third kappa shape index (κ3) is 3.89. The van der Waals surface area contributed by atoms with E-state index in [0.717, 1.165) is 30.0 Å². The third-order valence-corrected chi connectivity index (χ3v) is 3.78. The van der Waals surface area contributed by atoms with Crippen molar-refractivity contribution in [1.29, 1.82) is 0 Å². The van der Waals surface area contributed by atoms with Crippen molar-refractivity contribution in [2.24, 2.45) is 0 Å². The highest BCUT2D eigenvalue weighted by Gasteiger charge is 2.15. The Labute approximate surface area is 125 Å². The van der Waals surface area contributed by atoms with E-state index < -0.39 is 0 Å². The molecule has 0 fully saturated rings. The van der Waals surface area contributed by atoms with E-state index in [1.165, 1.54) is 11.6 Å². The van der Waals surface area contributed by atoms with Crippen LogP contribution in [0.25, 0.3) is 0 Å². The molecule has 4 nitrogen and oxygen atoms in total. The summed E-state index contributed by atoms with van der Waals surface area (Å²) in [4.78, 5) is 2.09. The predicted octanol–water partition coefficient (Wildman–Crippen LogP) is 2.56. The van der Waals surface area contributed by atoms with E-state index in [2.05, 4.69) is 20.4 Å². The van der Waals surface area contributed by atoms with Gasteiger partial charge in [-0.25, -0.2) is 4.39 Å². The molecule has 0 spiro atoms. The first-order valence-electron chi connectivity index (χ1n) is 7.12. The predicted molar refractivity (Wildman–Crippen MR) is 82.6 cm³/mol. The molecule has 0 aliphatic rings. The summed E-state index contributed by atoms with van der Waals surface area (Å²) < 4.78 is 13.4. The van der Waals surface area contributed by atoms with Crippen molar-refractivity contribution in [2.45, 2.75) is 26.4 Å². The minimum atomic E-state index is -0.194. The number of H-pyrrole nitrogens is 1. The number of aromatic amines is 1. The van der Waals surface area contributed by atoms with Gasteiger partial charge < -0.3 is 10.2 Å². The second-order valence-corrected chi connectivity index (χ2v) is 5.58. The number of benzene rings is 1. The molecule has 0 aliphatic carbocycles. The first-order valence-corrected chi connectivity index (χ1v) is 7.12. The fourth-order valence-corrected chi connectivity index (χ4v) is 2.48. The Bertz CT molecular complexity index is 572. The Kier molecular flexibility index (Phi) is 5.09. The lowest BCUT2D eigenvalue weighted by Crippen LogP contribution is -2.31. The van der Waals surface area contributed by atoms with Crippen molar-refractivity contribution in [3.8, 4) is 0 Å². The molecule has 2 N–H and O–H groups in total. The van der Waals surface area contributed by atoms with Crippen LogP contribution in [0, 0.1) is 19.7 Å². The van der Waals surface area contributed by atoms with Crippen LogP contribution in [0.15, 0.2) is 24.3 Å². The molecule has 0 saturated heterocycles. The van der Waals surface area contributed by atoms with Crippen LogP contribution < -0.4 is 5.32 Å². The number of likely N-dealkylation sites (N-methyl/N-ethyl adjacent to an activating group) is 1. The van der Waals surface area contributed by atoms with Crippen LogP contribution in [0.2, 0.25) is 0 Å². The quantitative estimate of drug-likeness (QED) is 0.859. The highest BCUT2D eigenvalue weighted by Crippen LogP contribution is 2.18. The number of aryl methyl sites for hydroxylation is 2. The van der Waals surface area contributed by atoms with E-state index >= 15 is 0 Å². The SMILES string of the molecule is Cc1n[nH]c(C)c1CNC[C@H](c1cccc(F)c1)N(C)C. The average molecular weight is 290 g/mol. The number of nitrogens with zero attached hydrogens (tertiary/aromatic N) is 2. The molecule has 1 aromatic carbocycles. The smallest absolute Gasteiger partial charge is 0.123 e. The molecular weight excluding hydrogens is 267 g/mol. The molecule has 0 amide bonds. The highest BCUT2D eigenvalue weighted by molar-refractivity contribution is 5.23. The zero-order valence-electron chi connectivity index (χ0n) is 13.1. The van der Waals surface area contributed by atoms with E-state index in [9.17, 15) is 4.39 Å². The summed E-state index contributed by atoms with van der Waals surface area (Å²) in [6.45, 7) is 5.53. The van der Waals surface area contributed by atoms with E-state index in [1.54, 1.807) is 12.1 Å². The van der Waals surface area contributed by atoms with Crippen LogP contribution in [0.4, 0.5) is 4.39 Å². The van der Waals surface area contributed by atoms with Crippen molar-refractivity contribution in [2.75, 3.05) is 20.6 Å². The minimum absolute atomic E-state index is 0.133. The normalized spacial score (nSPS) is 12.9. The standard InChI is InChI=1S/C16H23FN4/c1-11-15(12(2)20-19-11)9-18-10-16(21(3)4)13-6-5-7-14(17)8-13/h5-8,16,18H,9-10H2,1-4H3,(H,19,20)/t16-/m1/s1. The van der Waals surface area contributed by atoms with E-state index in [0.29, 0.717) is 0 Å². The number of rotatable bonds is 6. The van der Waals surface area contributed by atoms with Gasteiger partial charge in [0, 0.05) is 30.4 Å². The van der Waals surface area contributed by atoms with Gasteiger partial charge in [0.05, 0.1) is 5.69 Å². The Morgan fingerprint density at radius 2 is 2.10 bits per heavy atom. The van der Waals surface area contributed by atoms with E-state index in [1.807, 2.05) is 34.0 Å². The number of hydrogen-bond acceptors (Lipinski definition) is 3. The summed E-state index contributed by atoms with van der Waals surface area (Å²) in [7, 11) is 4.01. The lowest BCUT2D eigenvalue weighted by molar-refractivity contribution is 0.287. The van der Waals surface area contributed by atoms with Gasteiger partial charge in [-0.3, -0.25) is 5.10 Å². The maximum absolute atomic E-state index is 13.4. The average Bonchev–Trinajstić information content (AvgIpc) is 2.74. The van der Waals surface area contributed by atoms with Gasteiger partial charge in [-0.15, -0.1) is 0 Å². The fourth-order valence-electron chi connectivity index (χ4n) is 2.48. The van der Waals surface area contributed by atoms with Crippen molar-refractivity contribution in [1.82, 2.24) is 20.4 Å². The van der Waals surface area contributed by atoms with Crippen molar-refractivity contribution in [3.05, 3.63) is 52.6 Å². The molecule has 1 aromatic heterocycles. The van der Waals surface area contributed by atoms with E-state index in [-0.39, 0.29) is 11.9 Å². The molecule has 2 rings (SSSR count). The number of hydrogen-bond donors (Lipinski definition) is 2. The van der Waals surface area contributed by atoms with Gasteiger partial charge in [-0.2, -0.15) is 5.10 Å². The van der Waals surface area contributed by atoms with Crippen molar-refractivity contribution < 1.29 is 4.39 Å². The molecule has 1 heterocycles. The lowest BCUT2D eigenvalue weighted by Gasteiger charge is -2.25. The Balaban J connectivity index is 2.01. The van der Waals surface area contributed by atoms with Crippen LogP contribution >= 0.6 is 0 Å². The Morgan fingerprint density at radius 3 is 2.67 bits per heavy atom. The summed E-state index contributed by atoms with van der Waals surface area (Å²) in [6.07, 6.45) is 0. The third-order valence-electron chi connectivity index (χ3n) is 3.78. The monoisotopic (exact) mass is 290 g/mol. The highest BCUT2D eigenvalue weighted by atomic mass is 19.1. The summed E-state index contributed by atoms with van der Waals surface area (Å²) >= 11 is 0. The molecule has 5 heteroatoms. The molecule has 0 unspecified atom stereocenters. The second-order valence-electron chi connectivity index (χ2n) is 5.58. The van der Waals surface area contributed by atoms with Gasteiger partial charge in [-0.05, 0) is 45.6 Å². The van der Waals surface area contributed by atoms with Gasteiger partial charge in [0.15, 0.2) is 0 Å². The molecular formula is C16H23FN4. The van der Waals surface area contributed by atoms with Gasteiger partial charge in [-0.1, -0.05) is 12.1 Å². The Morgan fingerprint density at radius 1 is 1.33 bits per heavy atom. The summed E-state index contributed by atoms with van der Waals surface area (Å²) in [5, 5.41) is 10.6. The molecule has 0 saturated carbocycles.